The van der Waals surface area contributed by atoms with Gasteiger partial charge in [-0.25, -0.2) is 14.8 Å². The molecule has 4 aromatic rings. The Bertz CT molecular complexity index is 1810. The largest absolute Gasteiger partial charge is 0.505 e. The van der Waals surface area contributed by atoms with E-state index >= 15 is 0 Å². The molecule has 1 atom stereocenters. The number of imidazole rings is 1. The average molecular weight is 617 g/mol. The number of ether oxygens (including phenoxy) is 3. The number of fused-ring (bicyclic) bond motifs is 1. The first-order valence-corrected chi connectivity index (χ1v) is 14.9. The second kappa shape index (κ2) is 12.7. The smallest absolute Gasteiger partial charge is 0.350 e. The Morgan fingerprint density at radius 3 is 2.61 bits per heavy atom. The van der Waals surface area contributed by atoms with Crippen molar-refractivity contribution in [2.75, 3.05) is 24.7 Å². The average Bonchev–Trinajstić information content (AvgIpc) is 3.64. The van der Waals surface area contributed by atoms with Gasteiger partial charge in [-0.3, -0.25) is 18.9 Å². The molecule has 12 heteroatoms. The van der Waals surface area contributed by atoms with Crippen LogP contribution in [0, 0.1) is 13.8 Å². The zero-order valence-corrected chi connectivity index (χ0v) is 25.6. The summed E-state index contributed by atoms with van der Waals surface area (Å²) in [5.41, 5.74) is 1.95. The van der Waals surface area contributed by atoms with Crippen LogP contribution in [0.5, 0.6) is 11.5 Å². The maximum atomic E-state index is 13.8. The van der Waals surface area contributed by atoms with E-state index < -0.39 is 29.5 Å². The molecule has 1 unspecified atom stereocenters. The third-order valence-electron chi connectivity index (χ3n) is 6.93. The Morgan fingerprint density at radius 2 is 1.89 bits per heavy atom. The molecule has 1 fully saturated rings. The van der Waals surface area contributed by atoms with Gasteiger partial charge in [0.15, 0.2) is 22.4 Å². The van der Waals surface area contributed by atoms with Crippen molar-refractivity contribution in [3.63, 3.8) is 0 Å². The van der Waals surface area contributed by atoms with Gasteiger partial charge in [0.2, 0.25) is 0 Å². The fourth-order valence-corrected chi connectivity index (χ4v) is 6.03. The number of benzene rings is 1. The number of ketones is 1. The van der Waals surface area contributed by atoms with Crippen LogP contribution >= 0.6 is 11.3 Å². The zero-order chi connectivity index (χ0) is 31.5. The summed E-state index contributed by atoms with van der Waals surface area (Å²) in [6.45, 7) is 11.5. The first-order chi connectivity index (χ1) is 21.2. The fraction of sp³-hybridized carbons (Fsp3) is 0.281. The van der Waals surface area contributed by atoms with Crippen molar-refractivity contribution in [3.8, 4) is 11.5 Å². The number of thiazole rings is 1. The highest BCUT2D eigenvalue weighted by atomic mass is 32.1. The number of esters is 1. The lowest BCUT2D eigenvalue weighted by atomic mass is 9.96. The molecule has 0 aliphatic carbocycles. The predicted molar refractivity (Wildman–Crippen MR) is 165 cm³/mol. The minimum Gasteiger partial charge on any atom is -0.505 e. The lowest BCUT2D eigenvalue weighted by Crippen LogP contribution is -2.29. The number of pyridine rings is 1. The highest BCUT2D eigenvalue weighted by Gasteiger charge is 2.49. The van der Waals surface area contributed by atoms with Crippen molar-refractivity contribution in [3.05, 3.63) is 88.3 Å². The van der Waals surface area contributed by atoms with Crippen molar-refractivity contribution in [1.29, 1.82) is 0 Å². The van der Waals surface area contributed by atoms with E-state index in [0.717, 1.165) is 17.8 Å². The fourth-order valence-electron chi connectivity index (χ4n) is 5.04. The van der Waals surface area contributed by atoms with Gasteiger partial charge in [-0.1, -0.05) is 43.0 Å². The Labute approximate surface area is 258 Å². The van der Waals surface area contributed by atoms with Gasteiger partial charge in [0.1, 0.15) is 22.8 Å². The van der Waals surface area contributed by atoms with Crippen LogP contribution in [-0.4, -0.2) is 57.0 Å². The van der Waals surface area contributed by atoms with Gasteiger partial charge in [0, 0.05) is 6.20 Å². The molecule has 1 aliphatic heterocycles. The van der Waals surface area contributed by atoms with Crippen LogP contribution in [0.1, 0.15) is 58.6 Å². The number of carbonyl (C=O) groups is 3. The lowest BCUT2D eigenvalue weighted by molar-refractivity contribution is -0.132. The Hall–Kier alpha value is -4.97. The van der Waals surface area contributed by atoms with Gasteiger partial charge in [-0.05, 0) is 57.0 Å². The molecule has 1 aliphatic rings. The first-order valence-electron chi connectivity index (χ1n) is 14.1. The maximum Gasteiger partial charge on any atom is 0.350 e. The number of amides is 1. The van der Waals surface area contributed by atoms with E-state index in [4.69, 9.17) is 14.2 Å². The van der Waals surface area contributed by atoms with Crippen molar-refractivity contribution >= 4 is 45.5 Å². The number of hydrogen-bond donors (Lipinski definition) is 1. The van der Waals surface area contributed by atoms with Crippen LogP contribution in [0.2, 0.25) is 0 Å². The van der Waals surface area contributed by atoms with E-state index in [1.165, 1.54) is 11.0 Å². The topological polar surface area (TPSA) is 133 Å². The van der Waals surface area contributed by atoms with E-state index in [9.17, 15) is 19.5 Å². The summed E-state index contributed by atoms with van der Waals surface area (Å²) in [7, 11) is 0. The molecule has 0 saturated carbocycles. The van der Waals surface area contributed by atoms with E-state index in [1.54, 1.807) is 54.8 Å². The maximum absolute atomic E-state index is 13.8. The Kier molecular flexibility index (Phi) is 8.81. The van der Waals surface area contributed by atoms with Crippen LogP contribution in [0.15, 0.2) is 60.8 Å². The van der Waals surface area contributed by atoms with Gasteiger partial charge in [-0.15, -0.1) is 0 Å². The van der Waals surface area contributed by atoms with Crippen molar-refractivity contribution in [1.82, 2.24) is 14.4 Å². The molecule has 1 aromatic carbocycles. The number of hydrogen-bond acceptors (Lipinski definition) is 10. The summed E-state index contributed by atoms with van der Waals surface area (Å²) < 4.78 is 18.6. The third kappa shape index (κ3) is 5.44. The highest BCUT2D eigenvalue weighted by molar-refractivity contribution is 7.17. The first kappa shape index (κ1) is 30.5. The van der Waals surface area contributed by atoms with E-state index in [-0.39, 0.29) is 27.9 Å². The number of aryl methyl sites for hydroxylation is 2. The molecule has 1 N–H and O–H groups in total. The number of aliphatic hydroxyl groups is 1. The molecule has 5 rings (SSSR count). The normalized spacial score (nSPS) is 16.0. The molecule has 0 radical (unpaired) electrons. The van der Waals surface area contributed by atoms with E-state index in [1.807, 2.05) is 19.9 Å². The van der Waals surface area contributed by atoms with Gasteiger partial charge < -0.3 is 19.3 Å². The zero-order valence-electron chi connectivity index (χ0n) is 24.8. The van der Waals surface area contributed by atoms with Crippen LogP contribution in [-0.2, 0) is 14.3 Å². The second-order valence-electron chi connectivity index (χ2n) is 9.93. The Balaban J connectivity index is 1.73. The summed E-state index contributed by atoms with van der Waals surface area (Å²) in [6.07, 6.45) is 3.95. The minimum atomic E-state index is -1.12. The molecule has 44 heavy (non-hydrogen) atoms. The van der Waals surface area contributed by atoms with Crippen LogP contribution in [0.4, 0.5) is 5.13 Å². The van der Waals surface area contributed by atoms with Gasteiger partial charge in [0.25, 0.3) is 5.78 Å². The number of nitrogens with zero attached hydrogens (tertiary/aromatic N) is 4. The molecular formula is C32H32N4O7S. The number of Topliss-reactive ketones (excluding diaryl/α,β-unsaturated/α-hetero) is 1. The Morgan fingerprint density at radius 1 is 1.09 bits per heavy atom. The minimum absolute atomic E-state index is 0.00132. The van der Waals surface area contributed by atoms with Crippen LogP contribution in [0.25, 0.3) is 11.4 Å². The van der Waals surface area contributed by atoms with Crippen LogP contribution < -0.4 is 14.4 Å². The number of aliphatic hydroxyl groups excluding tert-OH is 1. The monoisotopic (exact) mass is 616 g/mol. The van der Waals surface area contributed by atoms with Crippen molar-refractivity contribution in [2.24, 2.45) is 0 Å². The van der Waals surface area contributed by atoms with Gasteiger partial charge in [-0.2, -0.15) is 0 Å². The molecule has 1 saturated heterocycles. The summed E-state index contributed by atoms with van der Waals surface area (Å²) >= 11 is 0.920. The summed E-state index contributed by atoms with van der Waals surface area (Å²) in [5.74, 6) is -1.92. The van der Waals surface area contributed by atoms with Crippen molar-refractivity contribution in [2.45, 2.75) is 40.2 Å². The number of anilines is 1. The number of rotatable bonds is 11. The number of carbonyl (C=O) groups excluding carboxylic acids is 3. The molecule has 228 valence electrons. The summed E-state index contributed by atoms with van der Waals surface area (Å²) in [5, 5.41) is 11.9. The lowest BCUT2D eigenvalue weighted by Gasteiger charge is -2.24. The number of aromatic nitrogens is 3. The molecular weight excluding hydrogens is 584 g/mol. The van der Waals surface area contributed by atoms with E-state index in [0.29, 0.717) is 47.3 Å². The quantitative estimate of drug-likeness (QED) is 0.0756. The summed E-state index contributed by atoms with van der Waals surface area (Å²) in [4.78, 5) is 50.7. The third-order valence-corrected chi connectivity index (χ3v) is 8.06. The molecule has 1 amide bonds. The van der Waals surface area contributed by atoms with E-state index in [2.05, 4.69) is 16.5 Å². The molecule has 4 heterocycles. The molecule has 11 nitrogen and oxygen atoms in total. The summed E-state index contributed by atoms with van der Waals surface area (Å²) in [6, 6.07) is 9.35. The molecule has 0 bridgehead atoms. The predicted octanol–water partition coefficient (Wildman–Crippen LogP) is 5.56. The van der Waals surface area contributed by atoms with Crippen molar-refractivity contribution < 1.29 is 33.7 Å². The molecule has 0 spiro atoms. The van der Waals surface area contributed by atoms with Gasteiger partial charge >= 0.3 is 11.9 Å². The SMILES string of the molecule is C=CCOC(=O)c1sc(N2C(=O)C(=O)/C(=C(/O)c3c(C)nc4ccccn34)C2c2ccc(OCCC)c(OCC)c2)nc1C. The van der Waals surface area contributed by atoms with Gasteiger partial charge in [0.05, 0.1) is 36.2 Å². The molecule has 3 aromatic heterocycles. The second-order valence-corrected chi connectivity index (χ2v) is 10.9. The van der Waals surface area contributed by atoms with Crippen LogP contribution in [0.3, 0.4) is 0 Å². The standard InChI is InChI=1S/C32H32N4O7S/c1-6-15-42-21-13-12-20(17-22(21)41-8-3)26-24(27(37)25-18(4)33-23-11-9-10-14-35(23)25)28(38)30(39)36(26)32-34-19(5)29(44-32)31(40)43-16-7-2/h7,9-14,17,26,37H,2,6,8,15-16H2,1,3-5H3/b27-24+. The highest BCUT2D eigenvalue weighted by Crippen LogP contribution is 2.46.